The first-order chi connectivity index (χ1) is 15.6. The van der Waals surface area contributed by atoms with E-state index < -0.39 is 0 Å². The molecule has 1 amide bonds. The van der Waals surface area contributed by atoms with Gasteiger partial charge in [-0.2, -0.15) is 0 Å². The SMILES string of the molecule is CCOC(=O)c1ccc(N2CCN(C(=O)CSc3cccc4cccc(Cl)c34)CC2)nc1. The average molecular weight is 470 g/mol. The first-order valence-corrected chi connectivity index (χ1v) is 11.9. The van der Waals surface area contributed by atoms with Crippen LogP contribution in [0.15, 0.2) is 59.6 Å². The normalized spacial score (nSPS) is 13.9. The number of hydrogen-bond acceptors (Lipinski definition) is 6. The third-order valence-corrected chi connectivity index (χ3v) is 6.74. The zero-order chi connectivity index (χ0) is 22.5. The first kappa shape index (κ1) is 22.4. The van der Waals surface area contributed by atoms with E-state index in [-0.39, 0.29) is 11.9 Å². The third kappa shape index (κ3) is 5.00. The summed E-state index contributed by atoms with van der Waals surface area (Å²) >= 11 is 7.92. The number of nitrogens with zero attached hydrogens (tertiary/aromatic N) is 3. The highest BCUT2D eigenvalue weighted by Crippen LogP contribution is 2.33. The number of halogens is 1. The van der Waals surface area contributed by atoms with E-state index in [4.69, 9.17) is 16.3 Å². The van der Waals surface area contributed by atoms with Gasteiger partial charge in [-0.25, -0.2) is 9.78 Å². The van der Waals surface area contributed by atoms with Gasteiger partial charge in [-0.05, 0) is 36.6 Å². The molecule has 32 heavy (non-hydrogen) atoms. The van der Waals surface area contributed by atoms with Crippen molar-refractivity contribution in [1.29, 1.82) is 0 Å². The van der Waals surface area contributed by atoms with Crippen molar-refractivity contribution in [2.24, 2.45) is 0 Å². The number of pyridine rings is 1. The molecule has 166 valence electrons. The van der Waals surface area contributed by atoms with Gasteiger partial charge in [0.15, 0.2) is 0 Å². The number of aromatic nitrogens is 1. The minimum Gasteiger partial charge on any atom is -0.462 e. The highest BCUT2D eigenvalue weighted by molar-refractivity contribution is 8.00. The Morgan fingerprint density at radius 2 is 1.81 bits per heavy atom. The van der Waals surface area contributed by atoms with E-state index in [9.17, 15) is 9.59 Å². The maximum Gasteiger partial charge on any atom is 0.339 e. The Morgan fingerprint density at radius 3 is 2.50 bits per heavy atom. The van der Waals surface area contributed by atoms with E-state index in [0.29, 0.717) is 49.1 Å². The highest BCUT2D eigenvalue weighted by Gasteiger charge is 2.22. The molecule has 4 rings (SSSR count). The van der Waals surface area contributed by atoms with Crippen molar-refractivity contribution in [3.8, 4) is 0 Å². The maximum atomic E-state index is 12.8. The van der Waals surface area contributed by atoms with Crippen LogP contribution in [0.25, 0.3) is 10.8 Å². The summed E-state index contributed by atoms with van der Waals surface area (Å²) in [5.74, 6) is 0.915. The van der Waals surface area contributed by atoms with E-state index in [1.165, 1.54) is 18.0 Å². The molecule has 6 nitrogen and oxygen atoms in total. The van der Waals surface area contributed by atoms with Gasteiger partial charge in [0.2, 0.25) is 5.91 Å². The Labute approximate surface area is 196 Å². The van der Waals surface area contributed by atoms with Crippen LogP contribution >= 0.6 is 23.4 Å². The molecular formula is C24H24ClN3O3S. The second kappa shape index (κ2) is 10.2. The fourth-order valence-corrected chi connectivity index (χ4v) is 5.05. The van der Waals surface area contributed by atoms with Crippen LogP contribution in [0.2, 0.25) is 5.02 Å². The standard InChI is InChI=1S/C24H24ClN3O3S/c1-2-31-24(30)18-9-10-21(26-15-18)27-11-13-28(14-12-27)22(29)16-32-20-8-4-6-17-5-3-7-19(25)23(17)20/h3-10,15H,2,11-14,16H2,1H3. The van der Waals surface area contributed by atoms with E-state index in [1.807, 2.05) is 47.4 Å². The van der Waals surface area contributed by atoms with Crippen molar-refractivity contribution in [2.75, 3.05) is 43.4 Å². The lowest BCUT2D eigenvalue weighted by atomic mass is 10.1. The van der Waals surface area contributed by atoms with E-state index in [1.54, 1.807) is 13.0 Å². The lowest BCUT2D eigenvalue weighted by Gasteiger charge is -2.35. The summed E-state index contributed by atoms with van der Waals surface area (Å²) in [5, 5.41) is 2.77. The summed E-state index contributed by atoms with van der Waals surface area (Å²) in [7, 11) is 0. The summed E-state index contributed by atoms with van der Waals surface area (Å²) in [6, 6.07) is 15.4. The number of esters is 1. The van der Waals surface area contributed by atoms with Gasteiger partial charge in [-0.1, -0.05) is 35.9 Å². The van der Waals surface area contributed by atoms with Crippen molar-refractivity contribution in [2.45, 2.75) is 11.8 Å². The average Bonchev–Trinajstić information content (AvgIpc) is 2.83. The molecule has 0 radical (unpaired) electrons. The molecular weight excluding hydrogens is 446 g/mol. The number of amides is 1. The largest absolute Gasteiger partial charge is 0.462 e. The molecule has 1 aliphatic heterocycles. The second-order valence-electron chi connectivity index (χ2n) is 7.38. The summed E-state index contributed by atoms with van der Waals surface area (Å²) in [6.07, 6.45) is 1.54. The van der Waals surface area contributed by atoms with Crippen LogP contribution in [0.5, 0.6) is 0 Å². The Morgan fingerprint density at radius 1 is 1.06 bits per heavy atom. The van der Waals surface area contributed by atoms with Gasteiger partial charge in [0.1, 0.15) is 5.82 Å². The molecule has 0 saturated carbocycles. The van der Waals surface area contributed by atoms with Gasteiger partial charge in [0, 0.05) is 47.7 Å². The Kier molecular flexibility index (Phi) is 7.17. The molecule has 8 heteroatoms. The second-order valence-corrected chi connectivity index (χ2v) is 8.80. The zero-order valence-electron chi connectivity index (χ0n) is 17.8. The Balaban J connectivity index is 1.32. The van der Waals surface area contributed by atoms with Gasteiger partial charge < -0.3 is 14.5 Å². The number of benzene rings is 2. The van der Waals surface area contributed by atoms with Crippen molar-refractivity contribution in [3.63, 3.8) is 0 Å². The van der Waals surface area contributed by atoms with Gasteiger partial charge in [-0.15, -0.1) is 11.8 Å². The summed E-state index contributed by atoms with van der Waals surface area (Å²) < 4.78 is 4.99. The molecule has 3 aromatic rings. The molecule has 2 heterocycles. The van der Waals surface area contributed by atoms with Crippen LogP contribution < -0.4 is 4.90 Å². The number of carbonyl (C=O) groups excluding carboxylic acids is 2. The van der Waals surface area contributed by atoms with Crippen LogP contribution in [0, 0.1) is 0 Å². The summed E-state index contributed by atoms with van der Waals surface area (Å²) in [4.78, 5) is 34.0. The predicted octanol–water partition coefficient (Wildman–Crippen LogP) is 4.51. The van der Waals surface area contributed by atoms with Crippen molar-refractivity contribution in [1.82, 2.24) is 9.88 Å². The Bertz CT molecular complexity index is 1110. The molecule has 0 spiro atoms. The van der Waals surface area contributed by atoms with Gasteiger partial charge >= 0.3 is 5.97 Å². The number of rotatable bonds is 6. The monoisotopic (exact) mass is 469 g/mol. The van der Waals surface area contributed by atoms with Crippen molar-refractivity contribution >= 4 is 51.8 Å². The highest BCUT2D eigenvalue weighted by atomic mass is 35.5. The van der Waals surface area contributed by atoms with Gasteiger partial charge in [0.05, 0.1) is 17.9 Å². The molecule has 0 N–H and O–H groups in total. The maximum absolute atomic E-state index is 12.8. The number of fused-ring (bicyclic) bond motifs is 1. The van der Waals surface area contributed by atoms with Gasteiger partial charge in [-0.3, -0.25) is 4.79 Å². The number of hydrogen-bond donors (Lipinski definition) is 0. The quantitative estimate of drug-likeness (QED) is 0.391. The van der Waals surface area contributed by atoms with Crippen molar-refractivity contribution in [3.05, 3.63) is 65.3 Å². The van der Waals surface area contributed by atoms with Crippen LogP contribution in [0.1, 0.15) is 17.3 Å². The van der Waals surface area contributed by atoms with Crippen molar-refractivity contribution < 1.29 is 14.3 Å². The lowest BCUT2D eigenvalue weighted by molar-refractivity contribution is -0.128. The van der Waals surface area contributed by atoms with E-state index in [0.717, 1.165) is 21.5 Å². The van der Waals surface area contributed by atoms with E-state index in [2.05, 4.69) is 9.88 Å². The molecule has 1 saturated heterocycles. The fraction of sp³-hybridized carbons (Fsp3) is 0.292. The number of carbonyl (C=O) groups is 2. The van der Waals surface area contributed by atoms with Crippen LogP contribution in [0.3, 0.4) is 0 Å². The zero-order valence-corrected chi connectivity index (χ0v) is 19.4. The smallest absolute Gasteiger partial charge is 0.339 e. The predicted molar refractivity (Wildman–Crippen MR) is 129 cm³/mol. The van der Waals surface area contributed by atoms with Crippen LogP contribution in [-0.2, 0) is 9.53 Å². The molecule has 0 aliphatic carbocycles. The van der Waals surface area contributed by atoms with Gasteiger partial charge in [0.25, 0.3) is 0 Å². The molecule has 2 aromatic carbocycles. The van der Waals surface area contributed by atoms with Crippen LogP contribution in [0.4, 0.5) is 5.82 Å². The number of thioether (sulfide) groups is 1. The Hall–Kier alpha value is -2.77. The molecule has 0 unspecified atom stereocenters. The minimum atomic E-state index is -0.369. The third-order valence-electron chi connectivity index (χ3n) is 5.38. The lowest BCUT2D eigenvalue weighted by Crippen LogP contribution is -2.49. The number of piperazine rings is 1. The number of anilines is 1. The molecule has 0 atom stereocenters. The van der Waals surface area contributed by atoms with E-state index >= 15 is 0 Å². The molecule has 1 aliphatic rings. The summed E-state index contributed by atoms with van der Waals surface area (Å²) in [5.41, 5.74) is 0.440. The molecule has 1 aromatic heterocycles. The topological polar surface area (TPSA) is 62.7 Å². The van der Waals surface area contributed by atoms with Crippen LogP contribution in [-0.4, -0.2) is 60.3 Å². The summed E-state index contributed by atoms with van der Waals surface area (Å²) in [6.45, 7) is 4.77. The fourth-order valence-electron chi connectivity index (χ4n) is 3.71. The molecule has 0 bridgehead atoms. The minimum absolute atomic E-state index is 0.115. The molecule has 1 fully saturated rings. The number of ether oxygens (including phenoxy) is 1. The first-order valence-electron chi connectivity index (χ1n) is 10.5.